The molecule has 1 aliphatic rings. The number of aromatic nitrogens is 2. The summed E-state index contributed by atoms with van der Waals surface area (Å²) >= 11 is 0. The molecule has 0 radical (unpaired) electrons. The Labute approximate surface area is 171 Å². The van der Waals surface area contributed by atoms with E-state index in [4.69, 9.17) is 4.52 Å². The fourth-order valence-corrected chi connectivity index (χ4v) is 3.69. The highest BCUT2D eigenvalue weighted by molar-refractivity contribution is 5.80. The third kappa shape index (κ3) is 4.39. The van der Waals surface area contributed by atoms with Crippen molar-refractivity contribution in [2.45, 2.75) is 45.6 Å². The SMILES string of the molecule is Cc1ccc(-c2noc(CCN(C(=O)C3CCC3)C(C)c3ccccc3)n2)cc1. The van der Waals surface area contributed by atoms with E-state index in [9.17, 15) is 4.79 Å². The molecular formula is C24H27N3O2. The van der Waals surface area contributed by atoms with Gasteiger partial charge in [0.15, 0.2) is 0 Å². The molecule has 0 spiro atoms. The van der Waals surface area contributed by atoms with E-state index in [0.29, 0.717) is 24.7 Å². The smallest absolute Gasteiger partial charge is 0.228 e. The van der Waals surface area contributed by atoms with Crippen LogP contribution in [0.2, 0.25) is 0 Å². The number of benzene rings is 2. The standard InChI is InChI=1S/C24H27N3O2/c1-17-11-13-20(14-12-17)23-25-22(29-26-23)15-16-27(24(28)21-9-6-10-21)18(2)19-7-4-3-5-8-19/h3-5,7-8,11-14,18,21H,6,9-10,15-16H2,1-2H3. The summed E-state index contributed by atoms with van der Waals surface area (Å²) in [4.78, 5) is 19.6. The maximum absolute atomic E-state index is 13.1. The highest BCUT2D eigenvalue weighted by atomic mass is 16.5. The first kappa shape index (κ1) is 19.4. The first-order valence-corrected chi connectivity index (χ1v) is 10.4. The van der Waals surface area contributed by atoms with Crippen LogP contribution in [0.1, 0.15) is 49.2 Å². The summed E-state index contributed by atoms with van der Waals surface area (Å²) < 4.78 is 5.47. The van der Waals surface area contributed by atoms with Gasteiger partial charge in [-0.3, -0.25) is 4.79 Å². The Bertz CT molecular complexity index is 946. The Morgan fingerprint density at radius 1 is 1.14 bits per heavy atom. The zero-order chi connectivity index (χ0) is 20.2. The second-order valence-electron chi connectivity index (χ2n) is 7.87. The molecule has 1 atom stereocenters. The summed E-state index contributed by atoms with van der Waals surface area (Å²) in [5.41, 5.74) is 3.27. The van der Waals surface area contributed by atoms with Crippen molar-refractivity contribution in [1.82, 2.24) is 15.0 Å². The third-order valence-corrected chi connectivity index (χ3v) is 5.83. The topological polar surface area (TPSA) is 59.2 Å². The van der Waals surface area contributed by atoms with Crippen molar-refractivity contribution in [3.05, 3.63) is 71.6 Å². The molecule has 2 aromatic carbocycles. The molecule has 5 heteroatoms. The van der Waals surface area contributed by atoms with Crippen LogP contribution in [0.4, 0.5) is 0 Å². The molecule has 1 aliphatic carbocycles. The molecule has 0 saturated heterocycles. The predicted octanol–water partition coefficient (Wildman–Crippen LogP) is 4.98. The Morgan fingerprint density at radius 3 is 2.52 bits per heavy atom. The van der Waals surface area contributed by atoms with Gasteiger partial charge in [0.05, 0.1) is 6.04 Å². The van der Waals surface area contributed by atoms with Gasteiger partial charge in [0, 0.05) is 24.4 Å². The number of nitrogens with zero attached hydrogens (tertiary/aromatic N) is 3. The number of rotatable bonds is 7. The predicted molar refractivity (Wildman–Crippen MR) is 112 cm³/mol. The molecule has 29 heavy (non-hydrogen) atoms. The average Bonchev–Trinajstić information content (AvgIpc) is 3.17. The molecule has 1 fully saturated rings. The molecule has 3 aromatic rings. The zero-order valence-electron chi connectivity index (χ0n) is 17.0. The van der Waals surface area contributed by atoms with E-state index in [1.54, 1.807) is 0 Å². The Hall–Kier alpha value is -2.95. The summed E-state index contributed by atoms with van der Waals surface area (Å²) in [6.07, 6.45) is 3.69. The van der Waals surface area contributed by atoms with Gasteiger partial charge >= 0.3 is 0 Å². The second kappa shape index (κ2) is 8.60. The Morgan fingerprint density at radius 2 is 1.86 bits per heavy atom. The fourth-order valence-electron chi connectivity index (χ4n) is 3.69. The molecule has 1 amide bonds. The van der Waals surface area contributed by atoms with Crippen molar-refractivity contribution in [1.29, 1.82) is 0 Å². The van der Waals surface area contributed by atoms with E-state index in [1.165, 1.54) is 5.56 Å². The van der Waals surface area contributed by atoms with Crippen molar-refractivity contribution in [3.63, 3.8) is 0 Å². The van der Waals surface area contributed by atoms with Crippen LogP contribution in [0.25, 0.3) is 11.4 Å². The minimum atomic E-state index is 0.0174. The molecule has 1 aromatic heterocycles. The van der Waals surface area contributed by atoms with Crippen LogP contribution in [-0.4, -0.2) is 27.5 Å². The van der Waals surface area contributed by atoms with Crippen LogP contribution in [-0.2, 0) is 11.2 Å². The maximum Gasteiger partial charge on any atom is 0.228 e. The lowest BCUT2D eigenvalue weighted by Crippen LogP contribution is -2.41. The molecule has 4 rings (SSSR count). The van der Waals surface area contributed by atoms with E-state index in [1.807, 2.05) is 54.3 Å². The van der Waals surface area contributed by atoms with Gasteiger partial charge in [0.25, 0.3) is 0 Å². The number of carbonyl (C=O) groups excluding carboxylic acids is 1. The van der Waals surface area contributed by atoms with Crippen molar-refractivity contribution in [2.75, 3.05) is 6.54 Å². The Balaban J connectivity index is 1.48. The minimum Gasteiger partial charge on any atom is -0.339 e. The van der Waals surface area contributed by atoms with Crippen molar-refractivity contribution in [2.24, 2.45) is 5.92 Å². The van der Waals surface area contributed by atoms with Gasteiger partial charge in [-0.2, -0.15) is 4.98 Å². The van der Waals surface area contributed by atoms with E-state index in [0.717, 1.165) is 30.4 Å². The van der Waals surface area contributed by atoms with Crippen LogP contribution in [0.3, 0.4) is 0 Å². The van der Waals surface area contributed by atoms with Crippen LogP contribution in [0.15, 0.2) is 59.1 Å². The van der Waals surface area contributed by atoms with Gasteiger partial charge in [-0.15, -0.1) is 0 Å². The molecule has 0 bridgehead atoms. The molecule has 0 aliphatic heterocycles. The van der Waals surface area contributed by atoms with Crippen molar-refractivity contribution < 1.29 is 9.32 Å². The monoisotopic (exact) mass is 389 g/mol. The minimum absolute atomic E-state index is 0.0174. The van der Waals surface area contributed by atoms with E-state index < -0.39 is 0 Å². The van der Waals surface area contributed by atoms with Gasteiger partial charge < -0.3 is 9.42 Å². The lowest BCUT2D eigenvalue weighted by Gasteiger charge is -2.35. The van der Waals surface area contributed by atoms with Crippen LogP contribution < -0.4 is 0 Å². The Kier molecular flexibility index (Phi) is 5.74. The molecular weight excluding hydrogens is 362 g/mol. The molecule has 0 N–H and O–H groups in total. The highest BCUT2D eigenvalue weighted by Crippen LogP contribution is 2.32. The molecule has 1 saturated carbocycles. The summed E-state index contributed by atoms with van der Waals surface area (Å²) in [5, 5.41) is 4.11. The van der Waals surface area contributed by atoms with Crippen molar-refractivity contribution in [3.8, 4) is 11.4 Å². The quantitative estimate of drug-likeness (QED) is 0.572. The molecule has 1 unspecified atom stereocenters. The average molecular weight is 389 g/mol. The molecule has 5 nitrogen and oxygen atoms in total. The summed E-state index contributed by atoms with van der Waals surface area (Å²) in [6, 6.07) is 18.3. The van der Waals surface area contributed by atoms with Gasteiger partial charge in [-0.1, -0.05) is 71.7 Å². The summed E-state index contributed by atoms with van der Waals surface area (Å²) in [5.74, 6) is 1.55. The van der Waals surface area contributed by atoms with Crippen LogP contribution in [0.5, 0.6) is 0 Å². The largest absolute Gasteiger partial charge is 0.339 e. The van der Waals surface area contributed by atoms with Crippen LogP contribution in [0, 0.1) is 12.8 Å². The van der Waals surface area contributed by atoms with Gasteiger partial charge in [0.2, 0.25) is 17.6 Å². The van der Waals surface area contributed by atoms with Gasteiger partial charge in [0.1, 0.15) is 0 Å². The van der Waals surface area contributed by atoms with E-state index in [-0.39, 0.29) is 17.9 Å². The molecule has 150 valence electrons. The van der Waals surface area contributed by atoms with E-state index >= 15 is 0 Å². The van der Waals surface area contributed by atoms with Crippen molar-refractivity contribution >= 4 is 5.91 Å². The lowest BCUT2D eigenvalue weighted by atomic mass is 9.84. The van der Waals surface area contributed by atoms with Gasteiger partial charge in [-0.25, -0.2) is 0 Å². The summed E-state index contributed by atoms with van der Waals surface area (Å²) in [7, 11) is 0. The number of hydrogen-bond acceptors (Lipinski definition) is 4. The second-order valence-corrected chi connectivity index (χ2v) is 7.87. The maximum atomic E-state index is 13.1. The van der Waals surface area contributed by atoms with Crippen LogP contribution >= 0.6 is 0 Å². The zero-order valence-corrected chi connectivity index (χ0v) is 17.0. The number of carbonyl (C=O) groups is 1. The fraction of sp³-hybridized carbons (Fsp3) is 0.375. The number of hydrogen-bond donors (Lipinski definition) is 0. The molecule has 1 heterocycles. The normalized spacial score (nSPS) is 15.0. The highest BCUT2D eigenvalue weighted by Gasteiger charge is 2.32. The number of aryl methyl sites for hydroxylation is 1. The number of amides is 1. The third-order valence-electron chi connectivity index (χ3n) is 5.83. The summed E-state index contributed by atoms with van der Waals surface area (Å²) in [6.45, 7) is 4.71. The van der Waals surface area contributed by atoms with E-state index in [2.05, 4.69) is 29.2 Å². The lowest BCUT2D eigenvalue weighted by molar-refractivity contribution is -0.140. The van der Waals surface area contributed by atoms with Gasteiger partial charge in [-0.05, 0) is 32.3 Å². The first-order chi connectivity index (χ1) is 14.1. The first-order valence-electron chi connectivity index (χ1n) is 10.4.